The first-order valence-corrected chi connectivity index (χ1v) is 9.87. The summed E-state index contributed by atoms with van der Waals surface area (Å²) in [6, 6.07) is 8.72. The molecule has 1 atom stereocenters. The highest BCUT2D eigenvalue weighted by Gasteiger charge is 2.53. The monoisotopic (exact) mass is 336 g/mol. The number of sulfonamides is 1. The zero-order valence-corrected chi connectivity index (χ0v) is 14.2. The second-order valence-electron chi connectivity index (χ2n) is 7.32. The SMILES string of the molecule is O=[S+]([O-])(c1ccccc1)N1CC2(COCCN(CC3CC3)C2)C1. The molecule has 1 unspecified atom stereocenters. The molecule has 5 nitrogen and oxygen atoms in total. The minimum absolute atomic E-state index is 0.0206. The predicted molar refractivity (Wildman–Crippen MR) is 87.5 cm³/mol. The Morgan fingerprint density at radius 2 is 1.96 bits per heavy atom. The average molecular weight is 336 g/mol. The lowest BCUT2D eigenvalue weighted by atomic mass is 9.82. The van der Waals surface area contributed by atoms with Gasteiger partial charge in [-0.05, 0) is 30.9 Å². The fraction of sp³-hybridized carbons (Fsp3) is 0.647. The van der Waals surface area contributed by atoms with E-state index < -0.39 is 10.4 Å². The number of hydrogen-bond donors (Lipinski definition) is 0. The molecule has 126 valence electrons. The summed E-state index contributed by atoms with van der Waals surface area (Å²) < 4.78 is 32.7. The smallest absolute Gasteiger partial charge is 0.175 e. The van der Waals surface area contributed by atoms with Crippen LogP contribution in [0.2, 0.25) is 0 Å². The molecule has 1 saturated carbocycles. The molecule has 0 amide bonds. The van der Waals surface area contributed by atoms with Gasteiger partial charge in [0, 0.05) is 25.0 Å². The second-order valence-corrected chi connectivity index (χ2v) is 9.26. The van der Waals surface area contributed by atoms with Crippen LogP contribution in [0, 0.1) is 11.3 Å². The van der Waals surface area contributed by atoms with E-state index in [2.05, 4.69) is 4.90 Å². The Labute approximate surface area is 139 Å². The van der Waals surface area contributed by atoms with Crippen molar-refractivity contribution >= 4 is 10.4 Å². The Hall–Kier alpha value is -0.790. The molecule has 3 aliphatic rings. The average Bonchev–Trinajstić information content (AvgIpc) is 3.33. The fourth-order valence-electron chi connectivity index (χ4n) is 3.71. The highest BCUT2D eigenvalue weighted by atomic mass is 32.3. The summed E-state index contributed by atoms with van der Waals surface area (Å²) in [5.41, 5.74) is -0.0206. The number of ether oxygens (including phenoxy) is 1. The molecule has 0 aromatic heterocycles. The van der Waals surface area contributed by atoms with Crippen molar-refractivity contribution in [3.05, 3.63) is 30.3 Å². The quantitative estimate of drug-likeness (QED) is 0.784. The van der Waals surface area contributed by atoms with Gasteiger partial charge >= 0.3 is 0 Å². The van der Waals surface area contributed by atoms with E-state index in [9.17, 15) is 8.76 Å². The van der Waals surface area contributed by atoms with Gasteiger partial charge in [0.1, 0.15) is 0 Å². The first kappa shape index (κ1) is 15.7. The van der Waals surface area contributed by atoms with Crippen LogP contribution < -0.4 is 0 Å². The van der Waals surface area contributed by atoms with Gasteiger partial charge in [0.05, 0.1) is 26.3 Å². The van der Waals surface area contributed by atoms with Crippen LogP contribution >= 0.6 is 0 Å². The van der Waals surface area contributed by atoms with Gasteiger partial charge in [-0.3, -0.25) is 0 Å². The topological polar surface area (TPSA) is 55.8 Å². The number of benzene rings is 1. The Morgan fingerprint density at radius 3 is 2.65 bits per heavy atom. The van der Waals surface area contributed by atoms with Crippen LogP contribution in [0.4, 0.5) is 0 Å². The van der Waals surface area contributed by atoms with Crippen LogP contribution in [0.3, 0.4) is 0 Å². The van der Waals surface area contributed by atoms with Crippen molar-refractivity contribution in [2.45, 2.75) is 17.7 Å². The molecule has 0 bridgehead atoms. The molecule has 1 aromatic carbocycles. The summed E-state index contributed by atoms with van der Waals surface area (Å²) in [7, 11) is -3.36. The van der Waals surface area contributed by atoms with Gasteiger partial charge in [-0.15, -0.1) is 4.31 Å². The van der Waals surface area contributed by atoms with E-state index in [0.29, 0.717) is 24.6 Å². The van der Waals surface area contributed by atoms with Crippen LogP contribution in [0.25, 0.3) is 0 Å². The summed E-state index contributed by atoms with van der Waals surface area (Å²) in [6.07, 6.45) is 2.69. The van der Waals surface area contributed by atoms with E-state index in [0.717, 1.165) is 32.2 Å². The van der Waals surface area contributed by atoms with Gasteiger partial charge in [-0.2, -0.15) is 0 Å². The third kappa shape index (κ3) is 3.23. The van der Waals surface area contributed by atoms with Crippen molar-refractivity contribution in [3.8, 4) is 0 Å². The van der Waals surface area contributed by atoms with E-state index in [-0.39, 0.29) is 5.41 Å². The zero-order chi connectivity index (χ0) is 15.9. The van der Waals surface area contributed by atoms with E-state index in [1.807, 2.05) is 6.07 Å². The standard InChI is InChI=1S/C17H24N2O3S/c20-23(21,16-4-2-1-3-5-16)19-12-17(13-19)11-18(8-9-22-14-17)10-15-6-7-15/h1-5,15H,6-14H2. The lowest BCUT2D eigenvalue weighted by Crippen LogP contribution is -2.65. The molecule has 0 N–H and O–H groups in total. The molecule has 1 aromatic rings. The van der Waals surface area contributed by atoms with Crippen LogP contribution in [0.1, 0.15) is 12.8 Å². The van der Waals surface area contributed by atoms with Gasteiger partial charge in [0.25, 0.3) is 0 Å². The number of rotatable bonds is 4. The van der Waals surface area contributed by atoms with Gasteiger partial charge in [0.15, 0.2) is 15.3 Å². The van der Waals surface area contributed by atoms with Crippen molar-refractivity contribution in [1.82, 2.24) is 9.21 Å². The summed E-state index contributed by atoms with van der Waals surface area (Å²) in [5.74, 6) is 0.856. The minimum atomic E-state index is -3.36. The Morgan fingerprint density at radius 1 is 1.22 bits per heavy atom. The van der Waals surface area contributed by atoms with Gasteiger partial charge < -0.3 is 14.2 Å². The maximum absolute atomic E-state index is 12.7. The highest BCUT2D eigenvalue weighted by molar-refractivity contribution is 7.95. The summed E-state index contributed by atoms with van der Waals surface area (Å²) in [5, 5.41) is 0. The largest absolute Gasteiger partial charge is 0.593 e. The fourth-order valence-corrected chi connectivity index (χ4v) is 5.39. The molecular weight excluding hydrogens is 312 g/mol. The van der Waals surface area contributed by atoms with Crippen molar-refractivity contribution in [1.29, 1.82) is 0 Å². The first-order valence-electron chi connectivity index (χ1n) is 8.43. The molecule has 1 spiro atoms. The molecule has 2 aliphatic heterocycles. The van der Waals surface area contributed by atoms with Crippen LogP contribution in [0.5, 0.6) is 0 Å². The molecule has 0 radical (unpaired) electrons. The van der Waals surface area contributed by atoms with Crippen LogP contribution in [-0.4, -0.2) is 59.7 Å². The normalized spacial score (nSPS) is 28.0. The van der Waals surface area contributed by atoms with E-state index >= 15 is 0 Å². The highest BCUT2D eigenvalue weighted by Crippen LogP contribution is 2.40. The second kappa shape index (κ2) is 5.93. The Balaban J connectivity index is 1.43. The molecular formula is C17H24N2O3S. The van der Waals surface area contributed by atoms with Gasteiger partial charge in [-0.25, -0.2) is 0 Å². The number of hydrogen-bond acceptors (Lipinski definition) is 4. The van der Waals surface area contributed by atoms with Crippen molar-refractivity contribution in [2.24, 2.45) is 11.3 Å². The van der Waals surface area contributed by atoms with E-state index in [4.69, 9.17) is 4.74 Å². The molecule has 2 saturated heterocycles. The Kier molecular flexibility index (Phi) is 4.06. The van der Waals surface area contributed by atoms with E-state index in [1.54, 1.807) is 28.6 Å². The molecule has 1 aliphatic carbocycles. The number of nitrogens with zero attached hydrogens (tertiary/aromatic N) is 2. The minimum Gasteiger partial charge on any atom is -0.593 e. The maximum atomic E-state index is 12.7. The third-order valence-corrected chi connectivity index (χ3v) is 6.94. The molecule has 4 rings (SSSR count). The summed E-state index contributed by atoms with van der Waals surface area (Å²) in [4.78, 5) is 2.87. The van der Waals surface area contributed by atoms with Gasteiger partial charge in [-0.1, -0.05) is 22.4 Å². The Bertz CT molecular complexity index is 599. The van der Waals surface area contributed by atoms with Crippen LogP contribution in [-0.2, 0) is 19.3 Å². The molecule has 6 heteroatoms. The van der Waals surface area contributed by atoms with Crippen molar-refractivity contribution < 1.29 is 13.5 Å². The summed E-state index contributed by atoms with van der Waals surface area (Å²) in [6.45, 7) is 5.68. The van der Waals surface area contributed by atoms with Crippen LogP contribution in [0.15, 0.2) is 35.2 Å². The lowest BCUT2D eigenvalue weighted by Gasteiger charge is -2.49. The molecule has 3 fully saturated rings. The third-order valence-electron chi connectivity index (χ3n) is 5.14. The zero-order valence-electron chi connectivity index (χ0n) is 13.4. The van der Waals surface area contributed by atoms with Crippen molar-refractivity contribution in [3.63, 3.8) is 0 Å². The molecule has 23 heavy (non-hydrogen) atoms. The van der Waals surface area contributed by atoms with Gasteiger partial charge in [0.2, 0.25) is 0 Å². The van der Waals surface area contributed by atoms with Crippen molar-refractivity contribution in [2.75, 3.05) is 45.9 Å². The molecule has 2 heterocycles. The first-order chi connectivity index (χ1) is 11.1. The predicted octanol–water partition coefficient (Wildman–Crippen LogP) is 1.63. The maximum Gasteiger partial charge on any atom is 0.175 e. The lowest BCUT2D eigenvalue weighted by molar-refractivity contribution is -0.0204. The summed E-state index contributed by atoms with van der Waals surface area (Å²) >= 11 is 0. The van der Waals surface area contributed by atoms with E-state index in [1.165, 1.54) is 12.8 Å².